The first-order chi connectivity index (χ1) is 7.02. The van der Waals surface area contributed by atoms with Gasteiger partial charge in [0.05, 0.1) is 5.92 Å². The van der Waals surface area contributed by atoms with Gasteiger partial charge in [-0.2, -0.15) is 0 Å². The highest BCUT2D eigenvalue weighted by Crippen LogP contribution is 2.41. The summed E-state index contributed by atoms with van der Waals surface area (Å²) in [5, 5.41) is 0. The van der Waals surface area contributed by atoms with E-state index in [9.17, 15) is 4.79 Å². The standard InChI is InChI=1S/C14H16O/c1-10-9-14(2,3)13(15)12(10)11-7-5-4-6-8-11/h4-9,12H,1-3H3. The second kappa shape index (κ2) is 3.34. The Hall–Kier alpha value is -1.37. The number of hydrogen-bond donors (Lipinski definition) is 0. The highest BCUT2D eigenvalue weighted by molar-refractivity contribution is 5.97. The molecule has 0 saturated carbocycles. The van der Waals surface area contributed by atoms with Gasteiger partial charge in [-0.25, -0.2) is 0 Å². The molecular weight excluding hydrogens is 184 g/mol. The van der Waals surface area contributed by atoms with Crippen LogP contribution in [0, 0.1) is 5.41 Å². The van der Waals surface area contributed by atoms with E-state index in [1.54, 1.807) is 0 Å². The van der Waals surface area contributed by atoms with Gasteiger partial charge in [0.15, 0.2) is 5.78 Å². The summed E-state index contributed by atoms with van der Waals surface area (Å²) in [6.07, 6.45) is 2.09. The van der Waals surface area contributed by atoms with Gasteiger partial charge in [-0.15, -0.1) is 0 Å². The third-order valence-electron chi connectivity index (χ3n) is 3.07. The van der Waals surface area contributed by atoms with Crippen LogP contribution in [-0.4, -0.2) is 5.78 Å². The molecular formula is C14H16O. The molecule has 15 heavy (non-hydrogen) atoms. The minimum atomic E-state index is -0.301. The van der Waals surface area contributed by atoms with Gasteiger partial charge in [0, 0.05) is 5.41 Å². The lowest BCUT2D eigenvalue weighted by Crippen LogP contribution is -2.21. The van der Waals surface area contributed by atoms with Gasteiger partial charge in [0.2, 0.25) is 0 Å². The van der Waals surface area contributed by atoms with Crippen molar-refractivity contribution in [2.75, 3.05) is 0 Å². The van der Waals surface area contributed by atoms with E-state index in [0.717, 1.165) is 5.56 Å². The number of benzene rings is 1. The van der Waals surface area contributed by atoms with Crippen LogP contribution in [0.25, 0.3) is 0 Å². The van der Waals surface area contributed by atoms with Crippen molar-refractivity contribution in [2.45, 2.75) is 26.7 Å². The molecule has 0 radical (unpaired) electrons. The predicted molar refractivity (Wildman–Crippen MR) is 61.7 cm³/mol. The first kappa shape index (κ1) is 10.2. The van der Waals surface area contributed by atoms with Crippen molar-refractivity contribution >= 4 is 5.78 Å². The zero-order valence-electron chi connectivity index (χ0n) is 9.45. The predicted octanol–water partition coefficient (Wildman–Crippen LogP) is 3.33. The Morgan fingerprint density at radius 2 is 1.73 bits per heavy atom. The monoisotopic (exact) mass is 200 g/mol. The molecule has 2 rings (SSSR count). The minimum absolute atomic E-state index is 0.0267. The summed E-state index contributed by atoms with van der Waals surface area (Å²) in [4.78, 5) is 12.2. The van der Waals surface area contributed by atoms with E-state index in [-0.39, 0.29) is 11.3 Å². The number of rotatable bonds is 1. The molecule has 0 N–H and O–H groups in total. The van der Waals surface area contributed by atoms with E-state index in [0.29, 0.717) is 5.78 Å². The zero-order valence-corrected chi connectivity index (χ0v) is 9.45. The average Bonchev–Trinajstić information content (AvgIpc) is 2.38. The Morgan fingerprint density at radius 1 is 1.13 bits per heavy atom. The summed E-state index contributed by atoms with van der Waals surface area (Å²) >= 11 is 0. The molecule has 0 bridgehead atoms. The Kier molecular flexibility index (Phi) is 2.26. The molecule has 1 nitrogen and oxygen atoms in total. The summed E-state index contributed by atoms with van der Waals surface area (Å²) in [5.41, 5.74) is 1.99. The lowest BCUT2D eigenvalue weighted by atomic mass is 9.85. The smallest absolute Gasteiger partial charge is 0.153 e. The van der Waals surface area contributed by atoms with Crippen molar-refractivity contribution in [2.24, 2.45) is 5.41 Å². The van der Waals surface area contributed by atoms with Crippen molar-refractivity contribution in [3.8, 4) is 0 Å². The minimum Gasteiger partial charge on any atom is -0.298 e. The van der Waals surface area contributed by atoms with Crippen LogP contribution >= 0.6 is 0 Å². The highest BCUT2D eigenvalue weighted by Gasteiger charge is 2.39. The first-order valence-electron chi connectivity index (χ1n) is 5.31. The second-order valence-corrected chi connectivity index (χ2v) is 4.82. The van der Waals surface area contributed by atoms with E-state index in [1.807, 2.05) is 51.1 Å². The van der Waals surface area contributed by atoms with Gasteiger partial charge in [0.25, 0.3) is 0 Å². The van der Waals surface area contributed by atoms with Crippen LogP contribution in [0.4, 0.5) is 0 Å². The molecule has 0 spiro atoms. The molecule has 1 heteroatoms. The molecule has 0 amide bonds. The molecule has 0 saturated heterocycles. The highest BCUT2D eigenvalue weighted by atomic mass is 16.1. The van der Waals surface area contributed by atoms with E-state index in [4.69, 9.17) is 0 Å². The Labute approximate surface area is 90.8 Å². The lowest BCUT2D eigenvalue weighted by molar-refractivity contribution is -0.124. The third-order valence-corrected chi connectivity index (χ3v) is 3.07. The average molecular weight is 200 g/mol. The lowest BCUT2D eigenvalue weighted by Gasteiger charge is -2.17. The summed E-state index contributed by atoms with van der Waals surface area (Å²) in [7, 11) is 0. The van der Waals surface area contributed by atoms with Crippen LogP contribution in [0.1, 0.15) is 32.3 Å². The number of allylic oxidation sites excluding steroid dienone is 2. The maximum Gasteiger partial charge on any atom is 0.153 e. The van der Waals surface area contributed by atoms with E-state index < -0.39 is 0 Å². The van der Waals surface area contributed by atoms with Gasteiger partial charge in [0.1, 0.15) is 0 Å². The fourth-order valence-electron chi connectivity index (χ4n) is 2.36. The third kappa shape index (κ3) is 1.63. The van der Waals surface area contributed by atoms with Gasteiger partial charge < -0.3 is 0 Å². The quantitative estimate of drug-likeness (QED) is 0.635. The summed E-state index contributed by atoms with van der Waals surface area (Å²) in [6, 6.07) is 10.0. The van der Waals surface area contributed by atoms with Crippen LogP contribution in [-0.2, 0) is 4.79 Å². The molecule has 0 aliphatic heterocycles. The van der Waals surface area contributed by atoms with Crippen LogP contribution in [0.5, 0.6) is 0 Å². The molecule has 1 aromatic rings. The molecule has 1 atom stereocenters. The molecule has 1 unspecified atom stereocenters. The SMILES string of the molecule is CC1=CC(C)(C)C(=O)C1c1ccccc1. The number of hydrogen-bond acceptors (Lipinski definition) is 1. The zero-order chi connectivity index (χ0) is 11.1. The topological polar surface area (TPSA) is 17.1 Å². The number of carbonyl (C=O) groups is 1. The first-order valence-corrected chi connectivity index (χ1v) is 5.31. The van der Waals surface area contributed by atoms with Crippen LogP contribution in [0.2, 0.25) is 0 Å². The van der Waals surface area contributed by atoms with Gasteiger partial charge in [-0.1, -0.05) is 42.0 Å². The van der Waals surface area contributed by atoms with Crippen LogP contribution in [0.3, 0.4) is 0 Å². The van der Waals surface area contributed by atoms with Crippen LogP contribution in [0.15, 0.2) is 42.0 Å². The van der Waals surface area contributed by atoms with E-state index in [2.05, 4.69) is 6.08 Å². The molecule has 0 fully saturated rings. The Balaban J connectivity index is 2.42. The Bertz CT molecular complexity index is 412. The van der Waals surface area contributed by atoms with E-state index in [1.165, 1.54) is 5.57 Å². The fourth-order valence-corrected chi connectivity index (χ4v) is 2.36. The van der Waals surface area contributed by atoms with Crippen molar-refractivity contribution in [3.63, 3.8) is 0 Å². The van der Waals surface area contributed by atoms with Crippen molar-refractivity contribution in [1.29, 1.82) is 0 Å². The van der Waals surface area contributed by atoms with Gasteiger partial charge >= 0.3 is 0 Å². The van der Waals surface area contributed by atoms with E-state index >= 15 is 0 Å². The molecule has 1 aliphatic carbocycles. The second-order valence-electron chi connectivity index (χ2n) is 4.82. The number of carbonyl (C=O) groups excluding carboxylic acids is 1. The molecule has 0 heterocycles. The van der Waals surface area contributed by atoms with Crippen LogP contribution < -0.4 is 0 Å². The number of ketones is 1. The maximum absolute atomic E-state index is 12.2. The molecule has 1 aromatic carbocycles. The molecule has 0 aromatic heterocycles. The normalized spacial score (nSPS) is 24.1. The van der Waals surface area contributed by atoms with Crippen molar-refractivity contribution in [3.05, 3.63) is 47.5 Å². The Morgan fingerprint density at radius 3 is 2.20 bits per heavy atom. The largest absolute Gasteiger partial charge is 0.298 e. The van der Waals surface area contributed by atoms with Crippen molar-refractivity contribution in [1.82, 2.24) is 0 Å². The molecule has 78 valence electrons. The number of Topliss-reactive ketones (excluding diaryl/α,β-unsaturated/α-hetero) is 1. The van der Waals surface area contributed by atoms with Crippen molar-refractivity contribution < 1.29 is 4.79 Å². The summed E-state index contributed by atoms with van der Waals surface area (Å²) in [5.74, 6) is 0.285. The maximum atomic E-state index is 12.2. The molecule has 1 aliphatic rings. The van der Waals surface area contributed by atoms with Gasteiger partial charge in [-0.3, -0.25) is 4.79 Å². The fraction of sp³-hybridized carbons (Fsp3) is 0.357. The van der Waals surface area contributed by atoms with Gasteiger partial charge in [-0.05, 0) is 26.3 Å². The summed E-state index contributed by atoms with van der Waals surface area (Å²) in [6.45, 7) is 6.02. The summed E-state index contributed by atoms with van der Waals surface area (Å²) < 4.78 is 0.